The van der Waals surface area contributed by atoms with Crippen LogP contribution < -0.4 is 5.73 Å². The molecule has 0 heterocycles. The summed E-state index contributed by atoms with van der Waals surface area (Å²) in [5.74, 6) is 0.690. The lowest BCUT2D eigenvalue weighted by Gasteiger charge is -2.00. The van der Waals surface area contributed by atoms with Crippen molar-refractivity contribution in [2.45, 2.75) is 13.8 Å². The predicted molar refractivity (Wildman–Crippen MR) is 50.0 cm³/mol. The average molecular weight is 153 g/mol. The van der Waals surface area contributed by atoms with E-state index >= 15 is 0 Å². The normalized spacial score (nSPS) is 12.9. The lowest BCUT2D eigenvalue weighted by atomic mass is 10.1. The summed E-state index contributed by atoms with van der Waals surface area (Å²) in [5, 5.41) is 0. The molecule has 0 aliphatic heterocycles. The van der Waals surface area contributed by atoms with Crippen LogP contribution >= 0.6 is 0 Å². The van der Waals surface area contributed by atoms with Gasteiger partial charge >= 0.3 is 0 Å². The maximum Gasteiger partial charge on any atom is 0.214 e. The van der Waals surface area contributed by atoms with Crippen molar-refractivity contribution in [2.75, 3.05) is 7.05 Å². The Labute approximate surface area is 67.7 Å². The Morgan fingerprint density at radius 3 is 2.45 bits per heavy atom. The maximum absolute atomic E-state index is 5.33. The zero-order valence-electron chi connectivity index (χ0n) is 7.33. The van der Waals surface area contributed by atoms with Gasteiger partial charge in [-0.25, -0.2) is 4.99 Å². The number of nitrogens with two attached hydrogens (primary N) is 1. The first-order chi connectivity index (χ1) is 5.07. The van der Waals surface area contributed by atoms with E-state index in [9.17, 15) is 0 Å². The van der Waals surface area contributed by atoms with E-state index in [2.05, 4.69) is 16.6 Å². The number of guanidine groups is 1. The second-order valence-electron chi connectivity index (χ2n) is 2.57. The minimum atomic E-state index is 0.284. The number of aliphatic imine (C=N–C) groups is 2. The fourth-order valence-corrected chi connectivity index (χ4v) is 0.356. The second-order valence-corrected chi connectivity index (χ2v) is 2.57. The minimum Gasteiger partial charge on any atom is -0.368 e. The molecule has 0 aromatic carbocycles. The monoisotopic (exact) mass is 153 g/mol. The summed E-state index contributed by atoms with van der Waals surface area (Å²) in [4.78, 5) is 7.54. The van der Waals surface area contributed by atoms with Gasteiger partial charge in [-0.15, -0.1) is 0 Å². The van der Waals surface area contributed by atoms with Crippen LogP contribution in [-0.2, 0) is 0 Å². The number of hydrogen-bond acceptors (Lipinski definition) is 1. The average Bonchev–Trinajstić information content (AvgIpc) is 1.99. The fourth-order valence-electron chi connectivity index (χ4n) is 0.356. The van der Waals surface area contributed by atoms with Crippen molar-refractivity contribution < 1.29 is 0 Å². The van der Waals surface area contributed by atoms with Crippen molar-refractivity contribution >= 4 is 12.2 Å². The predicted octanol–water partition coefficient (Wildman–Crippen LogP) is 1.21. The molecule has 0 saturated heterocycles. The van der Waals surface area contributed by atoms with E-state index in [1.165, 1.54) is 0 Å². The lowest BCUT2D eigenvalue weighted by Crippen LogP contribution is -2.08. The molecule has 0 atom stereocenters. The molecule has 3 nitrogen and oxygen atoms in total. The van der Waals surface area contributed by atoms with Crippen molar-refractivity contribution in [3.8, 4) is 0 Å². The molecular formula is C8H15N3. The van der Waals surface area contributed by atoms with E-state index in [1.54, 1.807) is 13.3 Å². The van der Waals surface area contributed by atoms with Crippen LogP contribution in [0.15, 0.2) is 22.1 Å². The molecule has 0 fully saturated rings. The second kappa shape index (κ2) is 4.66. The van der Waals surface area contributed by atoms with E-state index < -0.39 is 0 Å². The molecule has 0 aliphatic carbocycles. The zero-order valence-corrected chi connectivity index (χ0v) is 7.33. The number of hydrogen-bond donors (Lipinski definition) is 1. The van der Waals surface area contributed by atoms with Gasteiger partial charge in [-0.3, -0.25) is 4.99 Å². The Morgan fingerprint density at radius 2 is 2.09 bits per heavy atom. The zero-order chi connectivity index (χ0) is 8.85. The standard InChI is InChI=1S/C8H15N3/c1-6(2)7(3)5-11-8(9)10-4/h5-6H,3H2,1-2,4H3,(H2,9,10)/b11-5-. The molecule has 11 heavy (non-hydrogen) atoms. The lowest BCUT2D eigenvalue weighted by molar-refractivity contribution is 0.810. The highest BCUT2D eigenvalue weighted by Crippen LogP contribution is 2.02. The van der Waals surface area contributed by atoms with Gasteiger partial charge in [-0.1, -0.05) is 20.4 Å². The Balaban J connectivity index is 4.04. The number of rotatable bonds is 2. The summed E-state index contributed by atoms with van der Waals surface area (Å²) < 4.78 is 0. The summed E-state index contributed by atoms with van der Waals surface area (Å²) in [7, 11) is 1.60. The van der Waals surface area contributed by atoms with Crippen LogP contribution in [0.25, 0.3) is 0 Å². The Bertz CT molecular complexity index is 190. The molecule has 0 saturated carbocycles. The first-order valence-electron chi connectivity index (χ1n) is 3.53. The molecule has 3 heteroatoms. The summed E-state index contributed by atoms with van der Waals surface area (Å²) in [6.45, 7) is 7.90. The highest BCUT2D eigenvalue weighted by Gasteiger charge is 1.94. The topological polar surface area (TPSA) is 50.7 Å². The van der Waals surface area contributed by atoms with E-state index in [0.717, 1.165) is 5.57 Å². The Hall–Kier alpha value is -1.12. The number of allylic oxidation sites excluding steroid dienone is 1. The van der Waals surface area contributed by atoms with Crippen molar-refractivity contribution in [1.82, 2.24) is 0 Å². The van der Waals surface area contributed by atoms with Gasteiger partial charge < -0.3 is 5.73 Å². The van der Waals surface area contributed by atoms with Gasteiger partial charge in [0, 0.05) is 13.3 Å². The summed E-state index contributed by atoms with van der Waals surface area (Å²) in [6.07, 6.45) is 1.65. The van der Waals surface area contributed by atoms with E-state index in [0.29, 0.717) is 5.92 Å². The molecule has 0 bridgehead atoms. The molecular weight excluding hydrogens is 138 g/mol. The van der Waals surface area contributed by atoms with Crippen LogP contribution in [0.1, 0.15) is 13.8 Å². The largest absolute Gasteiger partial charge is 0.368 e. The molecule has 0 radical (unpaired) electrons. The van der Waals surface area contributed by atoms with Crippen LogP contribution in [0.5, 0.6) is 0 Å². The highest BCUT2D eigenvalue weighted by atomic mass is 15.0. The molecule has 0 rings (SSSR count). The van der Waals surface area contributed by atoms with E-state index in [-0.39, 0.29) is 5.96 Å². The van der Waals surface area contributed by atoms with Gasteiger partial charge in [0.2, 0.25) is 5.96 Å². The molecule has 62 valence electrons. The van der Waals surface area contributed by atoms with Gasteiger partial charge in [0.1, 0.15) is 0 Å². The van der Waals surface area contributed by atoms with Gasteiger partial charge in [-0.2, -0.15) is 0 Å². The van der Waals surface area contributed by atoms with Gasteiger partial charge in [0.15, 0.2) is 0 Å². The quantitative estimate of drug-likeness (QED) is 0.470. The van der Waals surface area contributed by atoms with Crippen LogP contribution in [0.2, 0.25) is 0 Å². The van der Waals surface area contributed by atoms with Crippen molar-refractivity contribution in [2.24, 2.45) is 21.6 Å². The molecule has 2 N–H and O–H groups in total. The molecule has 0 aromatic heterocycles. The van der Waals surface area contributed by atoms with Gasteiger partial charge in [0.25, 0.3) is 0 Å². The first kappa shape index (κ1) is 9.88. The third-order valence-corrected chi connectivity index (χ3v) is 1.33. The van der Waals surface area contributed by atoms with Crippen molar-refractivity contribution in [1.29, 1.82) is 0 Å². The molecule has 0 aliphatic rings. The molecule has 0 unspecified atom stereocenters. The fraction of sp³-hybridized carbons (Fsp3) is 0.500. The van der Waals surface area contributed by atoms with Crippen LogP contribution in [0.4, 0.5) is 0 Å². The third kappa shape index (κ3) is 4.31. The van der Waals surface area contributed by atoms with Crippen molar-refractivity contribution in [3.63, 3.8) is 0 Å². The third-order valence-electron chi connectivity index (χ3n) is 1.33. The van der Waals surface area contributed by atoms with Crippen molar-refractivity contribution in [3.05, 3.63) is 12.2 Å². The molecule has 0 amide bonds. The number of nitrogens with zero attached hydrogens (tertiary/aromatic N) is 2. The summed E-state index contributed by atoms with van der Waals surface area (Å²) in [6, 6.07) is 0. The van der Waals surface area contributed by atoms with E-state index in [4.69, 9.17) is 5.73 Å². The van der Waals surface area contributed by atoms with Crippen LogP contribution in [0.3, 0.4) is 0 Å². The van der Waals surface area contributed by atoms with Crippen LogP contribution in [-0.4, -0.2) is 19.2 Å². The summed E-state index contributed by atoms with van der Waals surface area (Å²) in [5.41, 5.74) is 6.29. The smallest absolute Gasteiger partial charge is 0.214 e. The van der Waals surface area contributed by atoms with Crippen LogP contribution in [0, 0.1) is 5.92 Å². The molecule has 0 spiro atoms. The van der Waals surface area contributed by atoms with Gasteiger partial charge in [0.05, 0.1) is 0 Å². The summed E-state index contributed by atoms with van der Waals surface area (Å²) >= 11 is 0. The van der Waals surface area contributed by atoms with Gasteiger partial charge in [-0.05, 0) is 11.5 Å². The highest BCUT2D eigenvalue weighted by molar-refractivity contribution is 5.92. The minimum absolute atomic E-state index is 0.284. The Kier molecular flexibility index (Phi) is 4.18. The van der Waals surface area contributed by atoms with E-state index in [1.807, 2.05) is 13.8 Å². The Morgan fingerprint density at radius 1 is 1.55 bits per heavy atom. The SMILES string of the molecule is C=C(/C=N\C(N)=N/C)C(C)C. The molecule has 0 aromatic rings. The maximum atomic E-state index is 5.33. The first-order valence-corrected chi connectivity index (χ1v) is 3.53.